The van der Waals surface area contributed by atoms with Gasteiger partial charge in [-0.2, -0.15) is 13.2 Å². The Kier molecular flexibility index (Phi) is 4.18. The van der Waals surface area contributed by atoms with Gasteiger partial charge in [0, 0.05) is 12.5 Å². The van der Waals surface area contributed by atoms with Crippen molar-refractivity contribution in [3.05, 3.63) is 29.3 Å². The zero-order valence-corrected chi connectivity index (χ0v) is 9.62. The van der Waals surface area contributed by atoms with Crippen LogP contribution in [-0.2, 0) is 11.0 Å². The minimum Gasteiger partial charge on any atom is -0.496 e. The van der Waals surface area contributed by atoms with E-state index in [-0.39, 0.29) is 17.7 Å². The average Bonchev–Trinajstić information content (AvgIpc) is 2.26. The Morgan fingerprint density at radius 2 is 2.06 bits per heavy atom. The van der Waals surface area contributed by atoms with Crippen molar-refractivity contribution in [3.8, 4) is 5.75 Å². The Bertz CT molecular complexity index is 446. The van der Waals surface area contributed by atoms with Gasteiger partial charge in [-0.1, -0.05) is 6.07 Å². The number of carbonyl (C=O) groups is 1. The Labute approximate surface area is 102 Å². The molecule has 0 spiro atoms. The van der Waals surface area contributed by atoms with E-state index >= 15 is 0 Å². The van der Waals surface area contributed by atoms with Crippen LogP contribution in [0.3, 0.4) is 0 Å². The first-order valence-electron chi connectivity index (χ1n) is 5.04. The van der Waals surface area contributed by atoms with E-state index in [1.54, 1.807) is 0 Å². The minimum absolute atomic E-state index is 0.182. The van der Waals surface area contributed by atoms with Crippen molar-refractivity contribution in [2.24, 2.45) is 11.5 Å². The summed E-state index contributed by atoms with van der Waals surface area (Å²) in [5.41, 5.74) is 9.79. The first-order valence-corrected chi connectivity index (χ1v) is 5.04. The smallest absolute Gasteiger partial charge is 0.419 e. The SMILES string of the molecule is COc1ccc(C(N)CC(N)=O)cc1C(F)(F)F. The van der Waals surface area contributed by atoms with Crippen LogP contribution in [0, 0.1) is 0 Å². The van der Waals surface area contributed by atoms with Gasteiger partial charge in [0.25, 0.3) is 0 Å². The number of alkyl halides is 3. The first kappa shape index (κ1) is 14.3. The summed E-state index contributed by atoms with van der Waals surface area (Å²) in [6.07, 6.45) is -4.77. The number of primary amides is 1. The van der Waals surface area contributed by atoms with Gasteiger partial charge in [-0.25, -0.2) is 0 Å². The summed E-state index contributed by atoms with van der Waals surface area (Å²) in [5.74, 6) is -0.968. The lowest BCUT2D eigenvalue weighted by Crippen LogP contribution is -2.21. The summed E-state index contributed by atoms with van der Waals surface area (Å²) in [6, 6.07) is 2.54. The van der Waals surface area contributed by atoms with Gasteiger partial charge >= 0.3 is 6.18 Å². The van der Waals surface area contributed by atoms with Gasteiger partial charge in [0.2, 0.25) is 5.91 Å². The molecular formula is C11H13F3N2O2. The Hall–Kier alpha value is -1.76. The van der Waals surface area contributed by atoms with Crippen molar-refractivity contribution >= 4 is 5.91 Å². The molecule has 0 fully saturated rings. The molecule has 1 unspecified atom stereocenters. The lowest BCUT2D eigenvalue weighted by Gasteiger charge is -2.16. The molecule has 0 aliphatic carbocycles. The molecule has 0 aromatic heterocycles. The third-order valence-corrected chi connectivity index (χ3v) is 2.38. The summed E-state index contributed by atoms with van der Waals surface area (Å²) in [5, 5.41) is 0. The maximum atomic E-state index is 12.7. The molecule has 0 aliphatic rings. The van der Waals surface area contributed by atoms with E-state index in [0.29, 0.717) is 0 Å². The molecule has 18 heavy (non-hydrogen) atoms. The number of ether oxygens (including phenoxy) is 1. The van der Waals surface area contributed by atoms with Gasteiger partial charge < -0.3 is 16.2 Å². The van der Waals surface area contributed by atoms with Crippen LogP contribution in [-0.4, -0.2) is 13.0 Å². The third-order valence-electron chi connectivity index (χ3n) is 2.38. The number of hydrogen-bond acceptors (Lipinski definition) is 3. The van der Waals surface area contributed by atoms with Gasteiger partial charge in [-0.15, -0.1) is 0 Å². The highest BCUT2D eigenvalue weighted by Crippen LogP contribution is 2.37. The van der Waals surface area contributed by atoms with E-state index in [0.717, 1.165) is 13.2 Å². The molecule has 1 rings (SSSR count). The number of halogens is 3. The van der Waals surface area contributed by atoms with Crippen LogP contribution < -0.4 is 16.2 Å². The maximum absolute atomic E-state index is 12.7. The number of rotatable bonds is 4. The molecule has 1 amide bonds. The number of benzene rings is 1. The third kappa shape index (κ3) is 3.36. The predicted molar refractivity (Wildman–Crippen MR) is 58.7 cm³/mol. The topological polar surface area (TPSA) is 78.3 Å². The maximum Gasteiger partial charge on any atom is 0.419 e. The highest BCUT2D eigenvalue weighted by atomic mass is 19.4. The second kappa shape index (κ2) is 5.26. The molecule has 0 saturated carbocycles. The van der Waals surface area contributed by atoms with E-state index in [4.69, 9.17) is 11.5 Å². The zero-order valence-electron chi connectivity index (χ0n) is 9.62. The second-order valence-electron chi connectivity index (χ2n) is 3.73. The molecule has 1 aromatic rings. The molecule has 0 bridgehead atoms. The molecule has 0 saturated heterocycles. The predicted octanol–water partition coefficient (Wildman–Crippen LogP) is 1.59. The monoisotopic (exact) mass is 262 g/mol. The van der Waals surface area contributed by atoms with E-state index < -0.39 is 23.7 Å². The second-order valence-corrected chi connectivity index (χ2v) is 3.73. The normalized spacial score (nSPS) is 13.2. The molecule has 4 nitrogen and oxygen atoms in total. The Morgan fingerprint density at radius 1 is 1.44 bits per heavy atom. The number of nitrogens with two attached hydrogens (primary N) is 2. The Balaban J connectivity index is 3.14. The van der Waals surface area contributed by atoms with E-state index in [1.165, 1.54) is 12.1 Å². The van der Waals surface area contributed by atoms with Crippen molar-refractivity contribution in [1.82, 2.24) is 0 Å². The summed E-state index contributed by atoms with van der Waals surface area (Å²) in [6.45, 7) is 0. The van der Waals surface area contributed by atoms with E-state index in [9.17, 15) is 18.0 Å². The van der Waals surface area contributed by atoms with Gasteiger partial charge in [0.1, 0.15) is 5.75 Å². The number of hydrogen-bond donors (Lipinski definition) is 2. The lowest BCUT2D eigenvalue weighted by atomic mass is 10.0. The van der Waals surface area contributed by atoms with Crippen molar-refractivity contribution in [3.63, 3.8) is 0 Å². The van der Waals surface area contributed by atoms with Gasteiger partial charge in [0.15, 0.2) is 0 Å². The van der Waals surface area contributed by atoms with Crippen molar-refractivity contribution in [2.45, 2.75) is 18.6 Å². The quantitative estimate of drug-likeness (QED) is 0.864. The largest absolute Gasteiger partial charge is 0.496 e. The van der Waals surface area contributed by atoms with Crippen LogP contribution in [0.4, 0.5) is 13.2 Å². The van der Waals surface area contributed by atoms with Crippen LogP contribution in [0.1, 0.15) is 23.6 Å². The molecule has 100 valence electrons. The van der Waals surface area contributed by atoms with Crippen LogP contribution >= 0.6 is 0 Å². The molecule has 1 atom stereocenters. The van der Waals surface area contributed by atoms with Crippen LogP contribution in [0.15, 0.2) is 18.2 Å². The number of carbonyl (C=O) groups excluding carboxylic acids is 1. The first-order chi connectivity index (χ1) is 8.25. The molecule has 0 radical (unpaired) electrons. The summed E-state index contributed by atoms with van der Waals surface area (Å²) in [4.78, 5) is 10.7. The molecular weight excluding hydrogens is 249 g/mol. The van der Waals surface area contributed by atoms with Crippen LogP contribution in [0.25, 0.3) is 0 Å². The molecule has 1 aromatic carbocycles. The average molecular weight is 262 g/mol. The fourth-order valence-corrected chi connectivity index (χ4v) is 1.51. The fraction of sp³-hybridized carbons (Fsp3) is 0.364. The summed E-state index contributed by atoms with van der Waals surface area (Å²) >= 11 is 0. The van der Waals surface area contributed by atoms with Gasteiger partial charge in [-0.05, 0) is 17.7 Å². The van der Waals surface area contributed by atoms with E-state index in [1.807, 2.05) is 0 Å². The van der Waals surface area contributed by atoms with Crippen LogP contribution in [0.5, 0.6) is 5.75 Å². The Morgan fingerprint density at radius 3 is 2.50 bits per heavy atom. The standard InChI is InChI=1S/C11H13F3N2O2/c1-18-9-3-2-6(8(15)5-10(16)17)4-7(9)11(12,13)14/h2-4,8H,5,15H2,1H3,(H2,16,17). The van der Waals surface area contributed by atoms with Crippen LogP contribution in [0.2, 0.25) is 0 Å². The van der Waals surface area contributed by atoms with E-state index in [2.05, 4.69) is 4.74 Å². The molecule has 4 N–H and O–H groups in total. The highest BCUT2D eigenvalue weighted by molar-refractivity contribution is 5.74. The summed E-state index contributed by atoms with van der Waals surface area (Å²) in [7, 11) is 1.15. The number of amides is 1. The van der Waals surface area contributed by atoms with Crippen molar-refractivity contribution in [1.29, 1.82) is 0 Å². The van der Waals surface area contributed by atoms with Gasteiger partial charge in [0.05, 0.1) is 12.7 Å². The summed E-state index contributed by atoms with van der Waals surface area (Å²) < 4.78 is 42.8. The van der Waals surface area contributed by atoms with Gasteiger partial charge in [-0.3, -0.25) is 4.79 Å². The minimum atomic E-state index is -4.55. The fourth-order valence-electron chi connectivity index (χ4n) is 1.51. The molecule has 0 heterocycles. The lowest BCUT2D eigenvalue weighted by molar-refractivity contribution is -0.138. The molecule has 0 aliphatic heterocycles. The highest BCUT2D eigenvalue weighted by Gasteiger charge is 2.34. The number of methoxy groups -OCH3 is 1. The van der Waals surface area contributed by atoms with Crippen molar-refractivity contribution < 1.29 is 22.7 Å². The van der Waals surface area contributed by atoms with Crippen molar-refractivity contribution in [2.75, 3.05) is 7.11 Å². The zero-order chi connectivity index (χ0) is 13.9. The molecule has 7 heteroatoms.